The van der Waals surface area contributed by atoms with Gasteiger partial charge in [0, 0.05) is 20.3 Å². The summed E-state index contributed by atoms with van der Waals surface area (Å²) in [6, 6.07) is 3.75. The van der Waals surface area contributed by atoms with Gasteiger partial charge in [0.1, 0.15) is 6.04 Å². The zero-order chi connectivity index (χ0) is 10.8. The SMILES string of the molecule is CN(C)C(=O)C1CCC(c2ccc[nH]2)=N1. The van der Waals surface area contributed by atoms with E-state index >= 15 is 0 Å². The molecule has 1 amide bonds. The van der Waals surface area contributed by atoms with Gasteiger partial charge in [0.2, 0.25) is 5.91 Å². The number of nitrogens with zero attached hydrogens (tertiary/aromatic N) is 2. The van der Waals surface area contributed by atoms with Gasteiger partial charge in [-0.3, -0.25) is 9.79 Å². The maximum atomic E-state index is 11.7. The molecule has 0 saturated carbocycles. The van der Waals surface area contributed by atoms with Gasteiger partial charge in [-0.05, 0) is 25.0 Å². The van der Waals surface area contributed by atoms with E-state index in [4.69, 9.17) is 0 Å². The normalized spacial score (nSPS) is 20.1. The Hall–Kier alpha value is -1.58. The Balaban J connectivity index is 2.13. The number of likely N-dealkylation sites (N-methyl/N-ethyl adjacent to an activating group) is 1. The molecule has 4 nitrogen and oxygen atoms in total. The molecular formula is C11H15N3O. The second-order valence-electron chi connectivity index (χ2n) is 3.95. The second kappa shape index (κ2) is 3.88. The van der Waals surface area contributed by atoms with Crippen LogP contribution in [0.4, 0.5) is 0 Å². The zero-order valence-corrected chi connectivity index (χ0v) is 9.03. The number of carbonyl (C=O) groups is 1. The molecule has 1 aromatic heterocycles. The molecule has 0 aliphatic carbocycles. The summed E-state index contributed by atoms with van der Waals surface area (Å²) in [4.78, 5) is 20.8. The molecule has 15 heavy (non-hydrogen) atoms. The van der Waals surface area contributed by atoms with Gasteiger partial charge in [-0.15, -0.1) is 0 Å². The Morgan fingerprint density at radius 1 is 1.60 bits per heavy atom. The smallest absolute Gasteiger partial charge is 0.246 e. The van der Waals surface area contributed by atoms with Crippen LogP contribution in [0.15, 0.2) is 23.3 Å². The van der Waals surface area contributed by atoms with Crippen molar-refractivity contribution in [2.75, 3.05) is 14.1 Å². The quantitative estimate of drug-likeness (QED) is 0.771. The van der Waals surface area contributed by atoms with Crippen molar-refractivity contribution >= 4 is 11.6 Å². The van der Waals surface area contributed by atoms with Crippen LogP contribution in [0.2, 0.25) is 0 Å². The number of hydrogen-bond acceptors (Lipinski definition) is 2. The highest BCUT2D eigenvalue weighted by atomic mass is 16.2. The van der Waals surface area contributed by atoms with Crippen LogP contribution in [0.5, 0.6) is 0 Å². The Morgan fingerprint density at radius 3 is 3.00 bits per heavy atom. The maximum absolute atomic E-state index is 11.7. The van der Waals surface area contributed by atoms with Crippen molar-refractivity contribution in [1.82, 2.24) is 9.88 Å². The van der Waals surface area contributed by atoms with Crippen LogP contribution in [0.25, 0.3) is 0 Å². The van der Waals surface area contributed by atoms with Gasteiger partial charge in [-0.1, -0.05) is 0 Å². The lowest BCUT2D eigenvalue weighted by Gasteiger charge is -2.13. The predicted molar refractivity (Wildman–Crippen MR) is 59.0 cm³/mol. The molecule has 0 aromatic carbocycles. The van der Waals surface area contributed by atoms with Crippen LogP contribution in [0.1, 0.15) is 18.5 Å². The molecule has 1 atom stereocenters. The molecule has 1 aliphatic rings. The van der Waals surface area contributed by atoms with Crippen LogP contribution < -0.4 is 0 Å². The van der Waals surface area contributed by atoms with Crippen molar-refractivity contribution in [2.45, 2.75) is 18.9 Å². The number of aliphatic imine (C=N–C) groups is 1. The maximum Gasteiger partial charge on any atom is 0.246 e. The van der Waals surface area contributed by atoms with Crippen LogP contribution in [0, 0.1) is 0 Å². The molecule has 80 valence electrons. The Bertz CT molecular complexity index is 379. The molecule has 0 spiro atoms. The van der Waals surface area contributed by atoms with Crippen LogP contribution in [0.3, 0.4) is 0 Å². The van der Waals surface area contributed by atoms with E-state index in [1.807, 2.05) is 18.3 Å². The second-order valence-corrected chi connectivity index (χ2v) is 3.95. The highest BCUT2D eigenvalue weighted by Gasteiger charge is 2.26. The van der Waals surface area contributed by atoms with E-state index in [0.717, 1.165) is 24.2 Å². The van der Waals surface area contributed by atoms with E-state index in [-0.39, 0.29) is 11.9 Å². The minimum absolute atomic E-state index is 0.0940. The fourth-order valence-corrected chi connectivity index (χ4v) is 1.78. The molecule has 0 fully saturated rings. The molecule has 1 unspecified atom stereocenters. The first-order valence-electron chi connectivity index (χ1n) is 5.10. The van der Waals surface area contributed by atoms with Gasteiger partial charge >= 0.3 is 0 Å². The third-order valence-electron chi connectivity index (χ3n) is 2.60. The van der Waals surface area contributed by atoms with E-state index < -0.39 is 0 Å². The zero-order valence-electron chi connectivity index (χ0n) is 9.03. The van der Waals surface area contributed by atoms with Gasteiger partial charge in [-0.25, -0.2) is 0 Å². The summed E-state index contributed by atoms with van der Waals surface area (Å²) in [7, 11) is 3.54. The summed E-state index contributed by atoms with van der Waals surface area (Å²) >= 11 is 0. The van der Waals surface area contributed by atoms with Crippen LogP contribution >= 0.6 is 0 Å². The largest absolute Gasteiger partial charge is 0.360 e. The molecular weight excluding hydrogens is 190 g/mol. The Kier molecular flexibility index (Phi) is 2.58. The van der Waals surface area contributed by atoms with E-state index in [1.54, 1.807) is 19.0 Å². The number of rotatable bonds is 2. The third kappa shape index (κ3) is 1.93. The van der Waals surface area contributed by atoms with Crippen molar-refractivity contribution in [3.8, 4) is 0 Å². The minimum atomic E-state index is -0.182. The van der Waals surface area contributed by atoms with Crippen molar-refractivity contribution in [3.63, 3.8) is 0 Å². The highest BCUT2D eigenvalue weighted by Crippen LogP contribution is 2.18. The minimum Gasteiger partial charge on any atom is -0.360 e. The topological polar surface area (TPSA) is 48.5 Å². The summed E-state index contributed by atoms with van der Waals surface area (Å²) in [5.74, 6) is 0.0940. The summed E-state index contributed by atoms with van der Waals surface area (Å²) in [6.07, 6.45) is 3.58. The highest BCUT2D eigenvalue weighted by molar-refractivity contribution is 6.02. The Labute approximate surface area is 89.0 Å². The average molecular weight is 205 g/mol. The van der Waals surface area contributed by atoms with Gasteiger partial charge in [-0.2, -0.15) is 0 Å². The molecule has 2 heterocycles. The van der Waals surface area contributed by atoms with E-state index in [0.29, 0.717) is 0 Å². The first-order chi connectivity index (χ1) is 7.18. The standard InChI is InChI=1S/C11H15N3O/c1-14(2)11(15)10-6-5-9(13-10)8-4-3-7-12-8/h3-4,7,10,12H,5-6H2,1-2H3. The van der Waals surface area contributed by atoms with Gasteiger partial charge in [0.25, 0.3) is 0 Å². The molecule has 0 saturated heterocycles. The number of carbonyl (C=O) groups excluding carboxylic acids is 1. The fraction of sp³-hybridized carbons (Fsp3) is 0.455. The number of H-pyrrole nitrogens is 1. The van der Waals surface area contributed by atoms with E-state index in [1.165, 1.54) is 0 Å². The number of nitrogens with one attached hydrogen (secondary N) is 1. The molecule has 1 aliphatic heterocycles. The monoisotopic (exact) mass is 205 g/mol. The van der Waals surface area contributed by atoms with Gasteiger partial charge < -0.3 is 9.88 Å². The van der Waals surface area contributed by atoms with Crippen molar-refractivity contribution in [3.05, 3.63) is 24.0 Å². The lowest BCUT2D eigenvalue weighted by atomic mass is 10.1. The Morgan fingerprint density at radius 2 is 2.40 bits per heavy atom. The summed E-state index contributed by atoms with van der Waals surface area (Å²) in [5.41, 5.74) is 2.05. The molecule has 2 rings (SSSR count). The number of hydrogen-bond donors (Lipinski definition) is 1. The molecule has 1 N–H and O–H groups in total. The van der Waals surface area contributed by atoms with E-state index in [9.17, 15) is 4.79 Å². The lowest BCUT2D eigenvalue weighted by molar-refractivity contribution is -0.129. The fourth-order valence-electron chi connectivity index (χ4n) is 1.78. The molecule has 0 radical (unpaired) electrons. The molecule has 0 bridgehead atoms. The van der Waals surface area contributed by atoms with Crippen LogP contribution in [-0.2, 0) is 4.79 Å². The lowest BCUT2D eigenvalue weighted by Crippen LogP contribution is -2.31. The number of aromatic nitrogens is 1. The third-order valence-corrected chi connectivity index (χ3v) is 2.60. The van der Waals surface area contributed by atoms with Crippen LogP contribution in [-0.4, -0.2) is 41.6 Å². The first-order valence-corrected chi connectivity index (χ1v) is 5.10. The van der Waals surface area contributed by atoms with Crippen molar-refractivity contribution < 1.29 is 4.79 Å². The van der Waals surface area contributed by atoms with Gasteiger partial charge in [0.15, 0.2) is 0 Å². The first kappa shape index (κ1) is 9.96. The van der Waals surface area contributed by atoms with E-state index in [2.05, 4.69) is 9.98 Å². The predicted octanol–water partition coefficient (Wildman–Crippen LogP) is 1.05. The number of amides is 1. The summed E-state index contributed by atoms with van der Waals surface area (Å²) < 4.78 is 0. The summed E-state index contributed by atoms with van der Waals surface area (Å²) in [6.45, 7) is 0. The average Bonchev–Trinajstić information content (AvgIpc) is 2.86. The summed E-state index contributed by atoms with van der Waals surface area (Å²) in [5, 5.41) is 0. The van der Waals surface area contributed by atoms with Crippen molar-refractivity contribution in [2.24, 2.45) is 4.99 Å². The van der Waals surface area contributed by atoms with Crippen molar-refractivity contribution in [1.29, 1.82) is 0 Å². The molecule has 4 heteroatoms. The number of aromatic amines is 1. The molecule has 1 aromatic rings. The van der Waals surface area contributed by atoms with Gasteiger partial charge in [0.05, 0.1) is 11.4 Å².